The molecule has 5 nitrogen and oxygen atoms in total. The highest BCUT2D eigenvalue weighted by atomic mass is 32.2. The first-order chi connectivity index (χ1) is 7.21. The van der Waals surface area contributed by atoms with Gasteiger partial charge in [0, 0.05) is 12.4 Å². The van der Waals surface area contributed by atoms with Crippen LogP contribution in [0.5, 0.6) is 0 Å². The van der Waals surface area contributed by atoms with E-state index in [1.807, 2.05) is 0 Å². The van der Waals surface area contributed by atoms with Crippen LogP contribution < -0.4 is 5.32 Å². The van der Waals surface area contributed by atoms with Crippen molar-refractivity contribution in [2.24, 2.45) is 0 Å². The standard InChI is InChI=1S/C9H13N3O2S/c13-15(14,8-2-6-10-7-3-8)9-11-4-1-5-12-9/h1,4-5,8,10H,2-3,6-7H2. The Kier molecular flexibility index (Phi) is 2.97. The minimum Gasteiger partial charge on any atom is -0.317 e. The normalized spacial score (nSPS) is 18.9. The van der Waals surface area contributed by atoms with E-state index in [1.165, 1.54) is 12.4 Å². The van der Waals surface area contributed by atoms with Gasteiger partial charge >= 0.3 is 0 Å². The van der Waals surface area contributed by atoms with Crippen LogP contribution in [-0.2, 0) is 9.84 Å². The smallest absolute Gasteiger partial charge is 0.247 e. The predicted octanol–water partition coefficient (Wildman–Crippen LogP) is 0.00230. The van der Waals surface area contributed by atoms with Crippen LogP contribution in [0.25, 0.3) is 0 Å². The summed E-state index contributed by atoms with van der Waals surface area (Å²) in [6.45, 7) is 1.49. The van der Waals surface area contributed by atoms with E-state index < -0.39 is 9.84 Å². The van der Waals surface area contributed by atoms with Crippen molar-refractivity contribution in [3.8, 4) is 0 Å². The van der Waals surface area contributed by atoms with E-state index in [2.05, 4.69) is 15.3 Å². The first-order valence-corrected chi connectivity index (χ1v) is 6.47. The quantitative estimate of drug-likeness (QED) is 0.720. The van der Waals surface area contributed by atoms with Gasteiger partial charge in [0.15, 0.2) is 0 Å². The Hall–Kier alpha value is -1.01. The molecule has 1 fully saturated rings. The first kappa shape index (κ1) is 10.5. The van der Waals surface area contributed by atoms with Gasteiger partial charge < -0.3 is 5.32 Å². The molecule has 0 spiro atoms. The summed E-state index contributed by atoms with van der Waals surface area (Å²) in [6, 6.07) is 1.61. The second kappa shape index (κ2) is 4.24. The molecule has 0 atom stereocenters. The first-order valence-electron chi connectivity index (χ1n) is 4.93. The summed E-state index contributed by atoms with van der Waals surface area (Å²) in [7, 11) is -3.32. The van der Waals surface area contributed by atoms with Crippen molar-refractivity contribution in [1.29, 1.82) is 0 Å². The highest BCUT2D eigenvalue weighted by molar-refractivity contribution is 7.91. The van der Waals surface area contributed by atoms with Crippen LogP contribution in [0, 0.1) is 0 Å². The van der Waals surface area contributed by atoms with Gasteiger partial charge in [-0.15, -0.1) is 0 Å². The molecule has 0 unspecified atom stereocenters. The lowest BCUT2D eigenvalue weighted by atomic mass is 10.2. The fourth-order valence-corrected chi connectivity index (χ4v) is 3.26. The van der Waals surface area contributed by atoms with Crippen LogP contribution in [0.15, 0.2) is 23.6 Å². The van der Waals surface area contributed by atoms with Crippen LogP contribution in [0.3, 0.4) is 0 Å². The molecule has 1 saturated heterocycles. The van der Waals surface area contributed by atoms with Gasteiger partial charge in [-0.2, -0.15) is 0 Å². The topological polar surface area (TPSA) is 72.0 Å². The predicted molar refractivity (Wildman–Crippen MR) is 55.1 cm³/mol. The Morgan fingerprint density at radius 3 is 2.40 bits per heavy atom. The summed E-state index contributed by atoms with van der Waals surface area (Å²) in [4.78, 5) is 7.61. The highest BCUT2D eigenvalue weighted by Gasteiger charge is 2.30. The molecule has 1 aliphatic heterocycles. The zero-order valence-electron chi connectivity index (χ0n) is 8.26. The number of nitrogens with one attached hydrogen (secondary N) is 1. The monoisotopic (exact) mass is 227 g/mol. The van der Waals surface area contributed by atoms with Crippen molar-refractivity contribution >= 4 is 9.84 Å². The zero-order chi connectivity index (χ0) is 10.7. The van der Waals surface area contributed by atoms with Crippen LogP contribution >= 0.6 is 0 Å². The molecule has 1 N–H and O–H groups in total. The molecular weight excluding hydrogens is 214 g/mol. The number of hydrogen-bond donors (Lipinski definition) is 1. The lowest BCUT2D eigenvalue weighted by Gasteiger charge is -2.21. The Balaban J connectivity index is 2.26. The van der Waals surface area contributed by atoms with Crippen molar-refractivity contribution in [2.75, 3.05) is 13.1 Å². The summed E-state index contributed by atoms with van der Waals surface area (Å²) >= 11 is 0. The molecule has 0 amide bonds. The van der Waals surface area contributed by atoms with Crippen LogP contribution in [0.2, 0.25) is 0 Å². The third-order valence-electron chi connectivity index (χ3n) is 2.52. The molecule has 2 heterocycles. The molecule has 2 rings (SSSR count). The second-order valence-corrected chi connectivity index (χ2v) is 5.65. The Morgan fingerprint density at radius 2 is 1.80 bits per heavy atom. The number of sulfone groups is 1. The summed E-state index contributed by atoms with van der Waals surface area (Å²) in [5.74, 6) is 0. The summed E-state index contributed by atoms with van der Waals surface area (Å²) in [5.41, 5.74) is 0. The molecule has 0 bridgehead atoms. The second-order valence-electron chi connectivity index (χ2n) is 3.53. The van der Waals surface area contributed by atoms with Crippen LogP contribution in [0.1, 0.15) is 12.8 Å². The fraction of sp³-hybridized carbons (Fsp3) is 0.556. The largest absolute Gasteiger partial charge is 0.317 e. The van der Waals surface area contributed by atoms with Crippen molar-refractivity contribution in [3.05, 3.63) is 18.5 Å². The third-order valence-corrected chi connectivity index (χ3v) is 4.59. The van der Waals surface area contributed by atoms with E-state index in [9.17, 15) is 8.42 Å². The minimum absolute atomic E-state index is 0.0445. The number of nitrogens with zero attached hydrogens (tertiary/aromatic N) is 2. The average Bonchev–Trinajstić information content (AvgIpc) is 2.31. The maximum Gasteiger partial charge on any atom is 0.247 e. The summed E-state index contributed by atoms with van der Waals surface area (Å²) < 4.78 is 24.1. The van der Waals surface area contributed by atoms with E-state index >= 15 is 0 Å². The Morgan fingerprint density at radius 1 is 1.20 bits per heavy atom. The van der Waals surface area contributed by atoms with Gasteiger partial charge in [-0.3, -0.25) is 0 Å². The number of aromatic nitrogens is 2. The molecule has 1 aliphatic rings. The van der Waals surface area contributed by atoms with Crippen molar-refractivity contribution in [2.45, 2.75) is 23.2 Å². The summed E-state index contributed by atoms with van der Waals surface area (Å²) in [5, 5.41) is 2.76. The van der Waals surface area contributed by atoms with Gasteiger partial charge in [0.25, 0.3) is 0 Å². The molecule has 0 aliphatic carbocycles. The molecule has 6 heteroatoms. The minimum atomic E-state index is -3.32. The van der Waals surface area contributed by atoms with Gasteiger partial charge in [-0.1, -0.05) is 0 Å². The Bertz CT molecular complexity index is 412. The van der Waals surface area contributed by atoms with E-state index in [4.69, 9.17) is 0 Å². The Labute approximate surface area is 88.9 Å². The molecule has 1 aromatic rings. The lowest BCUT2D eigenvalue weighted by Crippen LogP contribution is -2.36. The zero-order valence-corrected chi connectivity index (χ0v) is 9.07. The van der Waals surface area contributed by atoms with Crippen LogP contribution in [0.4, 0.5) is 0 Å². The van der Waals surface area contributed by atoms with Crippen molar-refractivity contribution < 1.29 is 8.42 Å². The number of piperidine rings is 1. The average molecular weight is 227 g/mol. The van der Waals surface area contributed by atoms with Gasteiger partial charge in [0.05, 0.1) is 5.25 Å². The molecule has 0 saturated carbocycles. The summed E-state index contributed by atoms with van der Waals surface area (Å²) in [6.07, 6.45) is 4.20. The lowest BCUT2D eigenvalue weighted by molar-refractivity contribution is 0.492. The molecule has 0 radical (unpaired) electrons. The molecule has 0 aromatic carbocycles. The van der Waals surface area contributed by atoms with Gasteiger partial charge in [0.1, 0.15) is 0 Å². The van der Waals surface area contributed by atoms with Crippen molar-refractivity contribution in [1.82, 2.24) is 15.3 Å². The third kappa shape index (κ3) is 2.15. The molecular formula is C9H13N3O2S. The SMILES string of the molecule is O=S(=O)(c1ncccn1)C1CCNCC1. The van der Waals surface area contributed by atoms with E-state index in [0.29, 0.717) is 12.8 Å². The van der Waals surface area contributed by atoms with Gasteiger partial charge in [-0.05, 0) is 32.0 Å². The molecule has 15 heavy (non-hydrogen) atoms. The number of rotatable bonds is 2. The van der Waals surface area contributed by atoms with Gasteiger partial charge in [0.2, 0.25) is 15.0 Å². The van der Waals surface area contributed by atoms with Crippen molar-refractivity contribution in [3.63, 3.8) is 0 Å². The van der Waals surface area contributed by atoms with E-state index in [0.717, 1.165) is 13.1 Å². The number of hydrogen-bond acceptors (Lipinski definition) is 5. The van der Waals surface area contributed by atoms with E-state index in [-0.39, 0.29) is 10.4 Å². The van der Waals surface area contributed by atoms with Crippen LogP contribution in [-0.4, -0.2) is 36.7 Å². The maximum absolute atomic E-state index is 12.0. The highest BCUT2D eigenvalue weighted by Crippen LogP contribution is 2.18. The molecule has 82 valence electrons. The fourth-order valence-electron chi connectivity index (χ4n) is 1.69. The molecule has 1 aromatic heterocycles. The van der Waals surface area contributed by atoms with E-state index in [1.54, 1.807) is 6.07 Å². The van der Waals surface area contributed by atoms with Gasteiger partial charge in [-0.25, -0.2) is 18.4 Å². The maximum atomic E-state index is 12.0.